The van der Waals surface area contributed by atoms with Gasteiger partial charge in [-0.1, -0.05) is 0 Å². The fourth-order valence-electron chi connectivity index (χ4n) is 5.60. The lowest BCUT2D eigenvalue weighted by Crippen LogP contribution is -2.33. The maximum atomic E-state index is 10.6. The largest absolute Gasteiger partial charge is 0.394 e. The minimum Gasteiger partial charge on any atom is -0.394 e. The first-order valence-corrected chi connectivity index (χ1v) is 14.4. The summed E-state index contributed by atoms with van der Waals surface area (Å²) in [6, 6.07) is 0. The average molecular weight is 633 g/mol. The van der Waals surface area contributed by atoms with Crippen molar-refractivity contribution < 1.29 is 40.1 Å². The molecule has 45 heavy (non-hydrogen) atoms. The fraction of sp³-hybridized carbons (Fsp3) is 0.600. The van der Waals surface area contributed by atoms with Gasteiger partial charge in [0.05, 0.1) is 13.2 Å². The van der Waals surface area contributed by atoms with Gasteiger partial charge in [-0.2, -0.15) is 0 Å². The van der Waals surface area contributed by atoms with Gasteiger partial charge in [0.1, 0.15) is 49.3 Å². The molecule has 8 atom stereocenters. The van der Waals surface area contributed by atoms with Crippen LogP contribution >= 0.6 is 0 Å². The van der Waals surface area contributed by atoms with Gasteiger partial charge in [0.15, 0.2) is 46.4 Å². The summed E-state index contributed by atoms with van der Waals surface area (Å²) in [6.07, 6.45) is -4.74. The van der Waals surface area contributed by atoms with Gasteiger partial charge in [-0.3, -0.25) is 9.13 Å². The summed E-state index contributed by atoms with van der Waals surface area (Å²) in [5.41, 5.74) is 13.2. The van der Waals surface area contributed by atoms with E-state index in [4.69, 9.17) is 20.9 Å². The minimum atomic E-state index is -1.35. The van der Waals surface area contributed by atoms with E-state index >= 15 is 0 Å². The standard InChI is InChI=1S/C25H36N12O8/c26-18-12-20(32-8-30-18)36(22-16(42)14(40)10(6-38)44-22)24(34-12)28-4-2-1-3-5-29-25-35-13-19(27)31-9-33-21(13)37(25)23-17(43)15(41)11(7-39)45-23/h8-11,14-17,22-23,38-43H,1-7H2,(H,28,34)(H,29,35)(H2,26,30,32)(H2,27,31,33)/t10-,11-,14+,15+,16-,17+,22-,23+/m0/s1. The Morgan fingerprint density at radius 1 is 0.644 bits per heavy atom. The number of aliphatic hydroxyl groups excluding tert-OH is 6. The van der Waals surface area contributed by atoms with E-state index in [1.54, 1.807) is 0 Å². The van der Waals surface area contributed by atoms with Crippen molar-refractivity contribution in [3.63, 3.8) is 0 Å². The molecule has 20 heteroatoms. The molecule has 4 aromatic heterocycles. The highest BCUT2D eigenvalue weighted by atomic mass is 16.6. The third-order valence-corrected chi connectivity index (χ3v) is 7.97. The van der Waals surface area contributed by atoms with Gasteiger partial charge in [-0.25, -0.2) is 29.9 Å². The Morgan fingerprint density at radius 3 is 1.44 bits per heavy atom. The number of nitrogens with zero attached hydrogens (tertiary/aromatic N) is 8. The molecule has 2 aliphatic rings. The van der Waals surface area contributed by atoms with Crippen molar-refractivity contribution in [1.82, 2.24) is 39.0 Å². The Hall–Kier alpha value is -4.02. The summed E-state index contributed by atoms with van der Waals surface area (Å²) in [7, 11) is 0. The Labute approximate surface area is 254 Å². The van der Waals surface area contributed by atoms with Crippen molar-refractivity contribution >= 4 is 45.9 Å². The normalized spacial score (nSPS) is 28.4. The maximum absolute atomic E-state index is 10.6. The molecule has 6 heterocycles. The zero-order chi connectivity index (χ0) is 31.8. The molecule has 0 saturated carbocycles. The number of fused-ring (bicyclic) bond motifs is 2. The molecule has 2 fully saturated rings. The number of anilines is 4. The van der Waals surface area contributed by atoms with Crippen LogP contribution in [0.1, 0.15) is 31.7 Å². The second kappa shape index (κ2) is 12.8. The number of aliphatic hydroxyl groups is 6. The molecule has 2 saturated heterocycles. The van der Waals surface area contributed by atoms with Crippen LogP contribution in [-0.2, 0) is 9.47 Å². The highest BCUT2D eigenvalue weighted by molar-refractivity contribution is 5.84. The molecule has 0 aliphatic carbocycles. The number of rotatable bonds is 12. The molecular formula is C25H36N12O8. The molecule has 2 aliphatic heterocycles. The summed E-state index contributed by atoms with van der Waals surface area (Å²) in [6.45, 7) is -0.0191. The number of hydrogen-bond donors (Lipinski definition) is 10. The number of ether oxygens (including phenoxy) is 2. The number of aromatic nitrogens is 8. The minimum absolute atomic E-state index is 0.135. The Balaban J connectivity index is 1.09. The number of nitrogens with two attached hydrogens (primary N) is 2. The molecule has 0 bridgehead atoms. The lowest BCUT2D eigenvalue weighted by molar-refractivity contribution is -0.0501. The van der Waals surface area contributed by atoms with Gasteiger partial charge in [0.2, 0.25) is 11.9 Å². The van der Waals surface area contributed by atoms with Crippen LogP contribution in [0.4, 0.5) is 23.5 Å². The van der Waals surface area contributed by atoms with Crippen molar-refractivity contribution in [2.45, 2.75) is 68.3 Å². The highest BCUT2D eigenvalue weighted by Gasteiger charge is 2.46. The van der Waals surface area contributed by atoms with Crippen LogP contribution in [0.2, 0.25) is 0 Å². The van der Waals surface area contributed by atoms with E-state index in [2.05, 4.69) is 40.5 Å². The summed E-state index contributed by atoms with van der Waals surface area (Å²) in [5, 5.41) is 67.4. The third kappa shape index (κ3) is 5.55. The van der Waals surface area contributed by atoms with Crippen LogP contribution in [0.3, 0.4) is 0 Å². The van der Waals surface area contributed by atoms with E-state index < -0.39 is 62.3 Å². The molecule has 0 spiro atoms. The van der Waals surface area contributed by atoms with Crippen LogP contribution in [-0.4, -0.2) is 133 Å². The van der Waals surface area contributed by atoms with Crippen LogP contribution in [0.15, 0.2) is 12.7 Å². The summed E-state index contributed by atoms with van der Waals surface area (Å²) in [4.78, 5) is 25.4. The van der Waals surface area contributed by atoms with E-state index in [1.807, 2.05) is 0 Å². The van der Waals surface area contributed by atoms with Gasteiger partial charge in [-0.15, -0.1) is 0 Å². The molecule has 0 radical (unpaired) electrons. The van der Waals surface area contributed by atoms with Crippen LogP contribution in [0.25, 0.3) is 22.3 Å². The second-order valence-corrected chi connectivity index (χ2v) is 10.8. The molecule has 12 N–H and O–H groups in total. The zero-order valence-corrected chi connectivity index (χ0v) is 24.0. The van der Waals surface area contributed by atoms with Gasteiger partial charge in [0, 0.05) is 13.1 Å². The first-order chi connectivity index (χ1) is 21.7. The zero-order valence-electron chi connectivity index (χ0n) is 24.0. The monoisotopic (exact) mass is 632 g/mol. The van der Waals surface area contributed by atoms with Crippen LogP contribution < -0.4 is 22.1 Å². The van der Waals surface area contributed by atoms with Crippen molar-refractivity contribution in [2.24, 2.45) is 0 Å². The number of hydrogen-bond acceptors (Lipinski definition) is 18. The lowest BCUT2D eigenvalue weighted by atomic mass is 10.1. The molecule has 6 rings (SSSR count). The third-order valence-electron chi connectivity index (χ3n) is 7.97. The molecule has 0 amide bonds. The summed E-state index contributed by atoms with van der Waals surface area (Å²) in [5.74, 6) is 0.873. The van der Waals surface area contributed by atoms with E-state index in [9.17, 15) is 30.6 Å². The number of imidazole rings is 2. The molecule has 244 valence electrons. The van der Waals surface area contributed by atoms with Gasteiger partial charge < -0.3 is 62.2 Å². The first-order valence-electron chi connectivity index (χ1n) is 14.4. The van der Waals surface area contributed by atoms with Crippen molar-refractivity contribution in [3.8, 4) is 0 Å². The van der Waals surface area contributed by atoms with Gasteiger partial charge >= 0.3 is 0 Å². The lowest BCUT2D eigenvalue weighted by Gasteiger charge is -2.20. The molecule has 0 unspecified atom stereocenters. The van der Waals surface area contributed by atoms with E-state index in [1.165, 1.54) is 21.8 Å². The summed E-state index contributed by atoms with van der Waals surface area (Å²) >= 11 is 0. The summed E-state index contributed by atoms with van der Waals surface area (Å²) < 4.78 is 14.4. The number of nitrogen functional groups attached to an aromatic ring is 2. The molecule has 0 aromatic carbocycles. The van der Waals surface area contributed by atoms with Gasteiger partial charge in [-0.05, 0) is 19.3 Å². The van der Waals surface area contributed by atoms with E-state index in [0.29, 0.717) is 60.2 Å². The van der Waals surface area contributed by atoms with Crippen molar-refractivity contribution in [3.05, 3.63) is 12.7 Å². The first kappa shape index (κ1) is 31.0. The SMILES string of the molecule is Nc1ncnc2c1nc(NCCCCCNc1nc3c(N)ncnc3n1[C@H]1O[C@@H](CO)[C@@H](O)[C@@H]1O)n2[C@@H]1O[C@@H](CO)[C@@H](O)[C@H]1O. The predicted molar refractivity (Wildman–Crippen MR) is 156 cm³/mol. The molecular weight excluding hydrogens is 596 g/mol. The molecule has 20 nitrogen and oxygen atoms in total. The fourth-order valence-corrected chi connectivity index (χ4v) is 5.60. The highest BCUT2D eigenvalue weighted by Crippen LogP contribution is 2.36. The Kier molecular flexibility index (Phi) is 8.79. The van der Waals surface area contributed by atoms with E-state index in [0.717, 1.165) is 6.42 Å². The number of unbranched alkanes of at least 4 members (excludes halogenated alkanes) is 2. The van der Waals surface area contributed by atoms with Crippen molar-refractivity contribution in [1.29, 1.82) is 0 Å². The molecule has 4 aromatic rings. The van der Waals surface area contributed by atoms with Crippen LogP contribution in [0.5, 0.6) is 0 Å². The maximum Gasteiger partial charge on any atom is 0.207 e. The second-order valence-electron chi connectivity index (χ2n) is 10.8. The smallest absolute Gasteiger partial charge is 0.207 e. The Bertz CT molecular complexity index is 1520. The number of nitrogens with one attached hydrogen (secondary N) is 2. The predicted octanol–water partition coefficient (Wildman–Crippen LogP) is -2.95. The van der Waals surface area contributed by atoms with Crippen molar-refractivity contribution in [2.75, 3.05) is 48.4 Å². The average Bonchev–Trinajstić information content (AvgIpc) is 3.75. The van der Waals surface area contributed by atoms with E-state index in [-0.39, 0.29) is 11.6 Å². The Morgan fingerprint density at radius 2 is 1.07 bits per heavy atom. The van der Waals surface area contributed by atoms with Gasteiger partial charge in [0.25, 0.3) is 0 Å². The topological polar surface area (TPSA) is 303 Å². The quantitative estimate of drug-likeness (QED) is 0.0698. The van der Waals surface area contributed by atoms with Crippen LogP contribution in [0, 0.1) is 0 Å².